The molecule has 0 bridgehead atoms. The molecule has 2 aromatic rings. The quantitative estimate of drug-likeness (QED) is 0.637. The minimum atomic E-state index is -0.407. The van der Waals surface area contributed by atoms with Crippen molar-refractivity contribution in [3.8, 4) is 5.75 Å². The second-order valence-electron chi connectivity index (χ2n) is 7.36. The van der Waals surface area contributed by atoms with Crippen LogP contribution in [0, 0.1) is 5.92 Å². The van der Waals surface area contributed by atoms with Crippen molar-refractivity contribution in [3.63, 3.8) is 0 Å². The molecule has 0 fully saturated rings. The number of methoxy groups -OCH3 is 1. The number of hydrogen-bond acceptors (Lipinski definition) is 5. The van der Waals surface area contributed by atoms with Crippen molar-refractivity contribution in [2.24, 2.45) is 5.92 Å². The molecule has 0 saturated carbocycles. The highest BCUT2D eigenvalue weighted by atomic mass is 16.5. The van der Waals surface area contributed by atoms with E-state index >= 15 is 0 Å². The highest BCUT2D eigenvalue weighted by Crippen LogP contribution is 2.49. The highest BCUT2D eigenvalue weighted by molar-refractivity contribution is 5.90. The molecule has 0 amide bonds. The second-order valence-corrected chi connectivity index (χ2v) is 7.36. The van der Waals surface area contributed by atoms with Gasteiger partial charge in [0.1, 0.15) is 17.5 Å². The Morgan fingerprint density at radius 1 is 1.40 bits per heavy atom. The van der Waals surface area contributed by atoms with Crippen molar-refractivity contribution in [1.29, 1.82) is 0 Å². The van der Waals surface area contributed by atoms with Crippen LogP contribution in [0.1, 0.15) is 36.7 Å². The fourth-order valence-corrected chi connectivity index (χ4v) is 4.23. The molecule has 1 aromatic heterocycles. The molecule has 130 valence electrons. The Morgan fingerprint density at radius 3 is 2.96 bits per heavy atom. The summed E-state index contributed by atoms with van der Waals surface area (Å²) < 4.78 is 13.1. The summed E-state index contributed by atoms with van der Waals surface area (Å²) in [5.74, 6) is 1.40. The zero-order valence-corrected chi connectivity index (χ0v) is 14.9. The van der Waals surface area contributed by atoms with Gasteiger partial charge in [-0.1, -0.05) is 4.98 Å². The lowest BCUT2D eigenvalue weighted by Gasteiger charge is -2.50. The van der Waals surface area contributed by atoms with E-state index in [4.69, 9.17) is 9.47 Å². The zero-order chi connectivity index (χ0) is 17.8. The molecule has 0 radical (unpaired) electrons. The summed E-state index contributed by atoms with van der Waals surface area (Å²) in [5, 5.41) is 3.59. The molecular formula is C19H22N3O3+. The average Bonchev–Trinajstić information content (AvgIpc) is 2.60. The number of aromatic nitrogens is 2. The molecule has 2 aliphatic rings. The Balaban J connectivity index is 1.90. The first-order chi connectivity index (χ1) is 11.9. The van der Waals surface area contributed by atoms with Crippen LogP contribution in [0.25, 0.3) is 0 Å². The van der Waals surface area contributed by atoms with E-state index in [1.54, 1.807) is 12.3 Å². The SMILES string of the molecule is COC(=O)c1ccc2c(c1)[C@]1(C)Nc3nccc[n+]3C(C)(C)[C@H]1CO2. The van der Waals surface area contributed by atoms with E-state index in [2.05, 4.69) is 35.6 Å². The molecule has 0 unspecified atom stereocenters. The van der Waals surface area contributed by atoms with Gasteiger partial charge in [-0.3, -0.25) is 5.32 Å². The van der Waals surface area contributed by atoms with Crippen molar-refractivity contribution in [2.75, 3.05) is 19.0 Å². The summed E-state index contributed by atoms with van der Waals surface area (Å²) in [7, 11) is 1.39. The van der Waals surface area contributed by atoms with E-state index in [0.717, 1.165) is 17.3 Å². The number of nitrogens with one attached hydrogen (secondary N) is 1. The summed E-state index contributed by atoms with van der Waals surface area (Å²) in [6.07, 6.45) is 3.82. The van der Waals surface area contributed by atoms with E-state index in [0.29, 0.717) is 12.2 Å². The molecule has 2 atom stereocenters. The fraction of sp³-hybridized carbons (Fsp3) is 0.421. The molecule has 0 aliphatic carbocycles. The van der Waals surface area contributed by atoms with Crippen LogP contribution < -0.4 is 14.6 Å². The molecule has 2 aliphatic heterocycles. The third-order valence-electron chi connectivity index (χ3n) is 5.65. The minimum Gasteiger partial charge on any atom is -0.493 e. The Kier molecular flexibility index (Phi) is 3.29. The van der Waals surface area contributed by atoms with Gasteiger partial charge in [0.15, 0.2) is 0 Å². The van der Waals surface area contributed by atoms with Crippen LogP contribution in [0.5, 0.6) is 5.75 Å². The number of nitrogens with zero attached hydrogens (tertiary/aromatic N) is 2. The van der Waals surface area contributed by atoms with E-state index in [-0.39, 0.29) is 17.4 Å². The highest BCUT2D eigenvalue weighted by Gasteiger charge is 2.58. The smallest absolute Gasteiger partial charge is 0.392 e. The van der Waals surface area contributed by atoms with E-state index in [1.165, 1.54) is 7.11 Å². The largest absolute Gasteiger partial charge is 0.493 e. The molecule has 4 rings (SSSR count). The monoisotopic (exact) mass is 340 g/mol. The number of rotatable bonds is 1. The topological polar surface area (TPSA) is 64.3 Å². The number of benzene rings is 1. The van der Waals surface area contributed by atoms with Crippen LogP contribution >= 0.6 is 0 Å². The molecule has 1 N–H and O–H groups in total. The maximum absolute atomic E-state index is 12.0. The van der Waals surface area contributed by atoms with Crippen LogP contribution in [-0.4, -0.2) is 24.7 Å². The number of ether oxygens (including phenoxy) is 2. The maximum Gasteiger partial charge on any atom is 0.392 e. The number of esters is 1. The summed E-state index contributed by atoms with van der Waals surface area (Å²) in [4.78, 5) is 16.5. The first-order valence-electron chi connectivity index (χ1n) is 8.39. The molecule has 6 heteroatoms. The van der Waals surface area contributed by atoms with E-state index in [9.17, 15) is 4.79 Å². The van der Waals surface area contributed by atoms with Crippen molar-refractivity contribution in [3.05, 3.63) is 47.8 Å². The predicted octanol–water partition coefficient (Wildman–Crippen LogP) is 2.24. The van der Waals surface area contributed by atoms with Gasteiger partial charge >= 0.3 is 11.9 Å². The Bertz CT molecular complexity index is 865. The Hall–Kier alpha value is -2.63. The van der Waals surface area contributed by atoms with E-state index in [1.807, 2.05) is 24.4 Å². The number of anilines is 1. The van der Waals surface area contributed by atoms with Crippen molar-refractivity contribution in [1.82, 2.24) is 4.98 Å². The van der Waals surface area contributed by atoms with Crippen molar-refractivity contribution >= 4 is 11.9 Å². The van der Waals surface area contributed by atoms with Gasteiger partial charge in [0.25, 0.3) is 0 Å². The molecule has 0 spiro atoms. The molecule has 0 saturated heterocycles. The number of carbonyl (C=O) groups is 1. The van der Waals surface area contributed by atoms with Gasteiger partial charge < -0.3 is 9.47 Å². The maximum atomic E-state index is 12.0. The zero-order valence-electron chi connectivity index (χ0n) is 14.9. The molecule has 6 nitrogen and oxygen atoms in total. The third-order valence-corrected chi connectivity index (χ3v) is 5.65. The summed E-state index contributed by atoms with van der Waals surface area (Å²) in [5.41, 5.74) is 0.861. The second kappa shape index (κ2) is 5.18. The van der Waals surface area contributed by atoms with E-state index < -0.39 is 5.54 Å². The summed E-state index contributed by atoms with van der Waals surface area (Å²) in [6.45, 7) is 7.13. The molecule has 25 heavy (non-hydrogen) atoms. The first kappa shape index (κ1) is 15.9. The lowest BCUT2D eigenvalue weighted by molar-refractivity contribution is -0.763. The van der Waals surface area contributed by atoms with Gasteiger partial charge in [-0.25, -0.2) is 9.36 Å². The minimum absolute atomic E-state index is 0.155. The molecule has 1 aromatic carbocycles. The number of fused-ring (bicyclic) bond motifs is 4. The van der Waals surface area contributed by atoms with Gasteiger partial charge in [0.05, 0.1) is 36.9 Å². The van der Waals surface area contributed by atoms with Crippen molar-refractivity contribution in [2.45, 2.75) is 31.8 Å². The lowest BCUT2D eigenvalue weighted by Crippen LogP contribution is -2.70. The summed E-state index contributed by atoms with van der Waals surface area (Å²) >= 11 is 0. The summed E-state index contributed by atoms with van der Waals surface area (Å²) in [6, 6.07) is 7.39. The van der Waals surface area contributed by atoms with Crippen LogP contribution in [0.15, 0.2) is 36.7 Å². The number of carbonyl (C=O) groups excluding carboxylic acids is 1. The molecule has 3 heterocycles. The molecular weight excluding hydrogens is 318 g/mol. The van der Waals surface area contributed by atoms with Gasteiger partial charge in [0, 0.05) is 11.6 Å². The van der Waals surface area contributed by atoms with Gasteiger partial charge in [0.2, 0.25) is 0 Å². The lowest BCUT2D eigenvalue weighted by atomic mass is 9.67. The first-order valence-corrected chi connectivity index (χ1v) is 8.39. The van der Waals surface area contributed by atoms with Crippen LogP contribution in [-0.2, 0) is 15.8 Å². The normalized spacial score (nSPS) is 25.5. The fourth-order valence-electron chi connectivity index (χ4n) is 4.23. The third kappa shape index (κ3) is 2.13. The standard InChI is InChI=1S/C19H21N3O3/c1-18(2)15-11-25-14-7-6-12(16(23)24-4)10-13(14)19(15,3)21-17-20-8-5-9-22(17)18/h5-10,15H,11H2,1-4H3/p+1/t15-,19+/m1/s1. The Labute approximate surface area is 146 Å². The Morgan fingerprint density at radius 2 is 2.20 bits per heavy atom. The average molecular weight is 340 g/mol. The van der Waals surface area contributed by atoms with Gasteiger partial charge in [-0.2, -0.15) is 0 Å². The van der Waals surface area contributed by atoms with Crippen LogP contribution in [0.4, 0.5) is 5.95 Å². The van der Waals surface area contributed by atoms with Crippen LogP contribution in [0.3, 0.4) is 0 Å². The van der Waals surface area contributed by atoms with Crippen molar-refractivity contribution < 1.29 is 18.8 Å². The van der Waals surface area contributed by atoms with Gasteiger partial charge in [-0.05, 0) is 39.0 Å². The van der Waals surface area contributed by atoms with Crippen LogP contribution in [0.2, 0.25) is 0 Å². The predicted molar refractivity (Wildman–Crippen MR) is 91.5 cm³/mol. The van der Waals surface area contributed by atoms with Gasteiger partial charge in [-0.15, -0.1) is 0 Å². The number of hydrogen-bond donors (Lipinski definition) is 1.